The highest BCUT2D eigenvalue weighted by Crippen LogP contribution is 2.18. The number of carbonyl (C=O) groups is 1. The highest BCUT2D eigenvalue weighted by Gasteiger charge is 2.11. The molecule has 2 aromatic rings. The molecule has 1 aromatic carbocycles. The number of halogens is 1. The summed E-state index contributed by atoms with van der Waals surface area (Å²) in [5, 5.41) is 9.65. The molecule has 0 atom stereocenters. The van der Waals surface area contributed by atoms with Crippen LogP contribution in [-0.4, -0.2) is 15.6 Å². The minimum absolute atomic E-state index is 0.331. The van der Waals surface area contributed by atoms with Gasteiger partial charge in [-0.15, -0.1) is 0 Å². The van der Waals surface area contributed by atoms with Gasteiger partial charge in [-0.25, -0.2) is 4.79 Å². The van der Waals surface area contributed by atoms with E-state index in [1.54, 1.807) is 19.2 Å². The number of rotatable bonds is 3. The maximum Gasteiger partial charge on any atom is 0.337 e. The Kier molecular flexibility index (Phi) is 3.20. The van der Waals surface area contributed by atoms with E-state index in [4.69, 9.17) is 16.7 Å². The third kappa shape index (κ3) is 2.34. The number of carboxylic acids is 1. The first-order valence-corrected chi connectivity index (χ1v) is 5.60. The van der Waals surface area contributed by atoms with E-state index in [9.17, 15) is 4.79 Å². The fourth-order valence-electron chi connectivity index (χ4n) is 1.76. The summed E-state index contributed by atoms with van der Waals surface area (Å²) < 4.78 is 1.88. The van der Waals surface area contributed by atoms with E-state index >= 15 is 0 Å². The standard InChI is InChI=1S/C13H12ClNO2/c1-9-11(13(16)17)6-7-15(9)8-10-4-2-3-5-12(10)14/h2-7H,8H2,1H3,(H,16,17). The molecule has 0 fully saturated rings. The molecule has 1 N–H and O–H groups in total. The van der Waals surface area contributed by atoms with E-state index < -0.39 is 5.97 Å². The maximum atomic E-state index is 10.9. The molecule has 0 aliphatic rings. The molecule has 0 saturated carbocycles. The monoisotopic (exact) mass is 249 g/mol. The summed E-state index contributed by atoms with van der Waals surface area (Å²) in [5.41, 5.74) is 2.04. The Morgan fingerprint density at radius 1 is 1.35 bits per heavy atom. The molecule has 0 unspecified atom stereocenters. The Morgan fingerprint density at radius 2 is 2.06 bits per heavy atom. The van der Waals surface area contributed by atoms with Gasteiger partial charge in [0.2, 0.25) is 0 Å². The van der Waals surface area contributed by atoms with Crippen LogP contribution in [0, 0.1) is 6.92 Å². The number of carboxylic acid groups (broad SMARTS) is 1. The summed E-state index contributed by atoms with van der Waals surface area (Å²) in [4.78, 5) is 10.9. The van der Waals surface area contributed by atoms with E-state index in [1.807, 2.05) is 28.8 Å². The second kappa shape index (κ2) is 4.63. The van der Waals surface area contributed by atoms with Crippen LogP contribution in [0.25, 0.3) is 0 Å². The van der Waals surface area contributed by atoms with Crippen LogP contribution in [0.5, 0.6) is 0 Å². The average molecular weight is 250 g/mol. The molecule has 0 aliphatic carbocycles. The van der Waals surface area contributed by atoms with Gasteiger partial charge < -0.3 is 9.67 Å². The number of hydrogen-bond donors (Lipinski definition) is 1. The van der Waals surface area contributed by atoms with Crippen LogP contribution >= 0.6 is 11.6 Å². The lowest BCUT2D eigenvalue weighted by Gasteiger charge is -2.08. The molecule has 4 heteroatoms. The number of aromatic nitrogens is 1. The van der Waals surface area contributed by atoms with E-state index in [1.165, 1.54) is 0 Å². The van der Waals surface area contributed by atoms with Crippen LogP contribution in [0.2, 0.25) is 5.02 Å². The molecule has 88 valence electrons. The molecule has 2 rings (SSSR count). The Bertz CT molecular complexity index is 560. The van der Waals surface area contributed by atoms with E-state index in [-0.39, 0.29) is 0 Å². The van der Waals surface area contributed by atoms with Crippen LogP contribution in [0.3, 0.4) is 0 Å². The van der Waals surface area contributed by atoms with E-state index in [2.05, 4.69) is 0 Å². The summed E-state index contributed by atoms with van der Waals surface area (Å²) in [6.45, 7) is 2.37. The van der Waals surface area contributed by atoms with Crippen molar-refractivity contribution in [2.24, 2.45) is 0 Å². The molecular formula is C13H12ClNO2. The van der Waals surface area contributed by atoms with E-state index in [0.717, 1.165) is 11.3 Å². The second-order valence-corrected chi connectivity index (χ2v) is 4.25. The number of benzene rings is 1. The van der Waals surface area contributed by atoms with Gasteiger partial charge in [0.15, 0.2) is 0 Å². The predicted molar refractivity (Wildman–Crippen MR) is 66.7 cm³/mol. The topological polar surface area (TPSA) is 42.2 Å². The van der Waals surface area contributed by atoms with Crippen LogP contribution in [0.15, 0.2) is 36.5 Å². The van der Waals surface area contributed by atoms with Crippen molar-refractivity contribution < 1.29 is 9.90 Å². The Labute approximate surface area is 104 Å². The zero-order valence-corrected chi connectivity index (χ0v) is 10.1. The lowest BCUT2D eigenvalue weighted by atomic mass is 10.2. The zero-order chi connectivity index (χ0) is 12.4. The Hall–Kier alpha value is -1.74. The van der Waals surface area contributed by atoms with E-state index in [0.29, 0.717) is 17.1 Å². The average Bonchev–Trinajstić information content (AvgIpc) is 2.64. The van der Waals surface area contributed by atoms with Crippen molar-refractivity contribution in [3.63, 3.8) is 0 Å². The molecule has 1 aromatic heterocycles. The van der Waals surface area contributed by atoms with Gasteiger partial charge in [-0.1, -0.05) is 29.8 Å². The first-order chi connectivity index (χ1) is 8.09. The summed E-state index contributed by atoms with van der Waals surface area (Å²) in [5.74, 6) is -0.902. The Morgan fingerprint density at radius 3 is 2.65 bits per heavy atom. The van der Waals surface area contributed by atoms with Gasteiger partial charge in [-0.3, -0.25) is 0 Å². The summed E-state index contributed by atoms with van der Waals surface area (Å²) in [6.07, 6.45) is 1.77. The first kappa shape index (κ1) is 11.7. The van der Waals surface area contributed by atoms with Gasteiger partial charge in [0.05, 0.1) is 5.56 Å². The van der Waals surface area contributed by atoms with Gasteiger partial charge in [0.1, 0.15) is 0 Å². The Balaban J connectivity index is 2.31. The maximum absolute atomic E-state index is 10.9. The van der Waals surface area contributed by atoms with Crippen molar-refractivity contribution in [1.29, 1.82) is 0 Å². The van der Waals surface area contributed by atoms with Crippen molar-refractivity contribution in [1.82, 2.24) is 4.57 Å². The lowest BCUT2D eigenvalue weighted by Crippen LogP contribution is -2.04. The highest BCUT2D eigenvalue weighted by atomic mass is 35.5. The summed E-state index contributed by atoms with van der Waals surface area (Å²) in [6, 6.07) is 9.15. The molecule has 1 heterocycles. The minimum atomic E-state index is -0.902. The normalized spacial score (nSPS) is 10.5. The molecule has 0 saturated heterocycles. The lowest BCUT2D eigenvalue weighted by molar-refractivity contribution is 0.0696. The fraction of sp³-hybridized carbons (Fsp3) is 0.154. The van der Waals surface area contributed by atoms with Crippen LogP contribution < -0.4 is 0 Å². The SMILES string of the molecule is Cc1c(C(=O)O)ccn1Cc1ccccc1Cl. The van der Waals surface area contributed by atoms with Gasteiger partial charge in [0, 0.05) is 23.5 Å². The first-order valence-electron chi connectivity index (χ1n) is 5.22. The fourth-order valence-corrected chi connectivity index (χ4v) is 1.95. The van der Waals surface area contributed by atoms with Crippen molar-refractivity contribution >= 4 is 17.6 Å². The molecular weight excluding hydrogens is 238 g/mol. The summed E-state index contributed by atoms with van der Waals surface area (Å²) >= 11 is 6.07. The molecule has 17 heavy (non-hydrogen) atoms. The van der Waals surface area contributed by atoms with Crippen molar-refractivity contribution in [3.8, 4) is 0 Å². The largest absolute Gasteiger partial charge is 0.478 e. The quantitative estimate of drug-likeness (QED) is 0.908. The molecule has 3 nitrogen and oxygen atoms in total. The molecule has 0 amide bonds. The smallest absolute Gasteiger partial charge is 0.337 e. The van der Waals surface area contributed by atoms with Gasteiger partial charge in [-0.2, -0.15) is 0 Å². The number of hydrogen-bond acceptors (Lipinski definition) is 1. The summed E-state index contributed by atoms with van der Waals surface area (Å²) in [7, 11) is 0. The van der Waals surface area contributed by atoms with Crippen LogP contribution in [-0.2, 0) is 6.54 Å². The predicted octanol–water partition coefficient (Wildman–Crippen LogP) is 3.20. The van der Waals surface area contributed by atoms with Gasteiger partial charge in [0.25, 0.3) is 0 Å². The molecule has 0 bridgehead atoms. The van der Waals surface area contributed by atoms with Crippen molar-refractivity contribution in [3.05, 3.63) is 58.4 Å². The highest BCUT2D eigenvalue weighted by molar-refractivity contribution is 6.31. The minimum Gasteiger partial charge on any atom is -0.478 e. The molecule has 0 spiro atoms. The van der Waals surface area contributed by atoms with Gasteiger partial charge >= 0.3 is 5.97 Å². The van der Waals surface area contributed by atoms with Gasteiger partial charge in [-0.05, 0) is 24.6 Å². The third-order valence-electron chi connectivity index (χ3n) is 2.77. The third-order valence-corrected chi connectivity index (χ3v) is 3.14. The number of nitrogens with zero attached hydrogens (tertiary/aromatic N) is 1. The van der Waals surface area contributed by atoms with Crippen LogP contribution in [0.1, 0.15) is 21.6 Å². The van der Waals surface area contributed by atoms with Crippen LogP contribution in [0.4, 0.5) is 0 Å². The second-order valence-electron chi connectivity index (χ2n) is 3.84. The zero-order valence-electron chi connectivity index (χ0n) is 9.35. The number of aromatic carboxylic acids is 1. The van der Waals surface area contributed by atoms with Crippen molar-refractivity contribution in [2.45, 2.75) is 13.5 Å². The van der Waals surface area contributed by atoms with Crippen molar-refractivity contribution in [2.75, 3.05) is 0 Å². The molecule has 0 radical (unpaired) electrons. The molecule has 0 aliphatic heterocycles.